The number of epoxide rings is 1. The number of aromatic nitrogens is 10. The topological polar surface area (TPSA) is 160 Å². The number of aliphatic hydroxyl groups is 1. The second-order valence-corrected chi connectivity index (χ2v) is 25.8. The molecule has 3 unspecified atom stereocenters. The van der Waals surface area contributed by atoms with E-state index in [2.05, 4.69) is 115 Å². The van der Waals surface area contributed by atoms with Gasteiger partial charge >= 0.3 is 29.6 Å². The number of H-pyrrole nitrogens is 1. The van der Waals surface area contributed by atoms with Crippen molar-refractivity contribution < 1.29 is 55.0 Å². The second kappa shape index (κ2) is 40.8. The minimum Gasteiger partial charge on any atom is -1.00 e. The Labute approximate surface area is 593 Å². The number of imidazole rings is 5. The maximum Gasteiger partial charge on any atom is 1.00 e. The summed E-state index contributed by atoms with van der Waals surface area (Å²) in [5, 5.41) is 11.0. The van der Waals surface area contributed by atoms with Gasteiger partial charge in [-0.1, -0.05) is 212 Å². The van der Waals surface area contributed by atoms with Crippen molar-refractivity contribution in [1.29, 1.82) is 0 Å². The molecule has 18 heteroatoms. The van der Waals surface area contributed by atoms with Crippen LogP contribution in [0, 0.1) is 0 Å². The second-order valence-electron chi connectivity index (χ2n) is 25.1. The van der Waals surface area contributed by atoms with Gasteiger partial charge in [0.15, 0.2) is 0 Å². The summed E-state index contributed by atoms with van der Waals surface area (Å²) >= 11 is 11.8. The molecule has 0 radical (unpaired) electrons. The Morgan fingerprint density at radius 1 is 0.447 bits per heavy atom. The number of hydrogen-bond acceptors (Lipinski definition) is 10. The van der Waals surface area contributed by atoms with Gasteiger partial charge in [0.05, 0.1) is 100 Å². The Bertz CT molecular complexity index is 3490. The number of unbranched alkanes of at least 4 members (excludes halogenated alkanes) is 15. The van der Waals surface area contributed by atoms with E-state index in [1.165, 1.54) is 145 Å². The third kappa shape index (κ3) is 22.7. The number of fused-ring (bicyclic) bond motifs is 11. The number of aromatic amines is 1. The number of nitrogens with zero attached hydrogens (tertiary/aromatic N) is 9. The van der Waals surface area contributed by atoms with Gasteiger partial charge in [-0.3, -0.25) is 13.7 Å². The average molecular weight is 1330 g/mol. The molecule has 0 bridgehead atoms. The Morgan fingerprint density at radius 3 is 1.17 bits per heavy atom. The first kappa shape index (κ1) is 75.7. The van der Waals surface area contributed by atoms with Crippen LogP contribution in [0.25, 0.3) is 55.2 Å². The van der Waals surface area contributed by atoms with Crippen LogP contribution in [0.15, 0.2) is 121 Å². The van der Waals surface area contributed by atoms with Crippen LogP contribution in [0.5, 0.6) is 18.0 Å². The number of nitrogens with one attached hydrogen (secondary N) is 1. The Balaban J connectivity index is 0.000000182. The summed E-state index contributed by atoms with van der Waals surface area (Å²) < 4.78 is 31.4. The molecule has 1 saturated heterocycles. The molecule has 0 amide bonds. The molecule has 5 atom stereocenters. The molecule has 94 heavy (non-hydrogen) atoms. The van der Waals surface area contributed by atoms with Crippen molar-refractivity contribution in [3.05, 3.63) is 132 Å². The molecule has 10 aromatic rings. The molecular weight excluding hydrogens is 1230 g/mol. The summed E-state index contributed by atoms with van der Waals surface area (Å²) in [7, 11) is 0. The van der Waals surface area contributed by atoms with Gasteiger partial charge < -0.3 is 35.0 Å². The van der Waals surface area contributed by atoms with E-state index < -0.39 is 0 Å². The fourth-order valence-electron chi connectivity index (χ4n) is 12.3. The zero-order valence-electron chi connectivity index (χ0n) is 57.5. The number of ether oxygens (including phenoxy) is 4. The first-order chi connectivity index (χ1) is 45.2. The summed E-state index contributed by atoms with van der Waals surface area (Å²) in [6.45, 7) is 15.6. The monoisotopic (exact) mass is 1330 g/mol. The summed E-state index contributed by atoms with van der Waals surface area (Å²) in [5.41, 5.74) is 10.5. The Hall–Kier alpha value is -5.65. The van der Waals surface area contributed by atoms with Gasteiger partial charge in [0.1, 0.15) is 18.3 Å². The van der Waals surface area contributed by atoms with Crippen LogP contribution >= 0.6 is 23.2 Å². The molecule has 9 heterocycles. The van der Waals surface area contributed by atoms with E-state index >= 15 is 0 Å². The molecule has 5 aromatic carbocycles. The van der Waals surface area contributed by atoms with E-state index in [4.69, 9.17) is 42.1 Å². The smallest absolute Gasteiger partial charge is 1.00 e. The van der Waals surface area contributed by atoms with Gasteiger partial charge in [-0.25, -0.2) is 9.97 Å². The van der Waals surface area contributed by atoms with Crippen LogP contribution in [0.3, 0.4) is 0 Å². The van der Waals surface area contributed by atoms with E-state index in [0.717, 1.165) is 115 Å². The average Bonchev–Trinajstić information content (AvgIpc) is 1.65. The van der Waals surface area contributed by atoms with Crippen molar-refractivity contribution in [3.8, 4) is 18.0 Å². The van der Waals surface area contributed by atoms with Gasteiger partial charge in [-0.15, -0.1) is 0 Å². The van der Waals surface area contributed by atoms with Crippen LogP contribution in [0.1, 0.15) is 204 Å². The maximum absolute atomic E-state index is 10.1. The number of rotatable bonds is 27. The number of halogens is 2. The molecule has 14 rings (SSSR count). The predicted molar refractivity (Wildman–Crippen MR) is 386 cm³/mol. The largest absolute Gasteiger partial charge is 1.00 e. The van der Waals surface area contributed by atoms with Crippen molar-refractivity contribution in [2.75, 3.05) is 6.61 Å². The van der Waals surface area contributed by atoms with Gasteiger partial charge in [0.2, 0.25) is 10.6 Å². The molecule has 4 aliphatic heterocycles. The maximum atomic E-state index is 10.1. The summed E-state index contributed by atoms with van der Waals surface area (Å²) in [6.07, 6.45) is 32.7. The van der Waals surface area contributed by atoms with E-state index in [1.54, 1.807) is 0 Å². The van der Waals surface area contributed by atoms with Crippen LogP contribution in [0.4, 0.5) is 0 Å². The van der Waals surface area contributed by atoms with E-state index in [9.17, 15) is 5.11 Å². The van der Waals surface area contributed by atoms with E-state index in [-0.39, 0.29) is 44.5 Å². The summed E-state index contributed by atoms with van der Waals surface area (Å²) in [4.78, 5) is 24.8. The molecule has 0 spiro atoms. The SMILES string of the molecule is C.CCCCCCC(O)Cn1c(Cl)nc2ccccc21.CCCCCCC1CO1.CCCCCCC1Cn2c(nc3ccccc32)O1.CCCCCC[C@@H]1Cn2c(nc3ccccc32)O1.CCCCCC[C@H]1Cn2c(nc3ccccc32)O1.Clc1nc2ccccc2[nH]1.[H-].[Na+]. The third-order valence-corrected chi connectivity index (χ3v) is 18.0. The molecule has 1 fully saturated rings. The quantitative estimate of drug-likeness (QED) is 0.0288. The van der Waals surface area contributed by atoms with Crippen molar-refractivity contribution in [3.63, 3.8) is 0 Å². The van der Waals surface area contributed by atoms with Crippen LogP contribution in [-0.4, -0.2) is 90.4 Å². The molecule has 15 nitrogen and oxygen atoms in total. The van der Waals surface area contributed by atoms with Crippen LogP contribution in [-0.2, 0) is 30.9 Å². The van der Waals surface area contributed by atoms with Crippen molar-refractivity contribution >= 4 is 78.4 Å². The fourth-order valence-corrected chi connectivity index (χ4v) is 12.7. The van der Waals surface area contributed by atoms with E-state index in [1.807, 2.05) is 89.5 Å². The van der Waals surface area contributed by atoms with Crippen LogP contribution < -0.4 is 43.8 Å². The van der Waals surface area contributed by atoms with Gasteiger partial charge in [-0.05, 0) is 135 Å². The van der Waals surface area contributed by atoms with Gasteiger partial charge in [0, 0.05) is 0 Å². The molecule has 4 aliphatic rings. The number of hydrogen-bond donors (Lipinski definition) is 2. The van der Waals surface area contributed by atoms with Crippen molar-refractivity contribution in [2.45, 2.75) is 259 Å². The van der Waals surface area contributed by atoms with Gasteiger partial charge in [-0.2, -0.15) is 15.0 Å². The van der Waals surface area contributed by atoms with E-state index in [0.29, 0.717) is 41.5 Å². The normalized spacial score (nSPS) is 16.4. The molecule has 506 valence electrons. The summed E-state index contributed by atoms with van der Waals surface area (Å²) in [6, 6.07) is 42.7. The number of para-hydroxylation sites is 10. The Morgan fingerprint density at radius 2 is 0.787 bits per heavy atom. The molecule has 0 aliphatic carbocycles. The first-order valence-corrected chi connectivity index (χ1v) is 35.8. The predicted octanol–water partition coefficient (Wildman–Crippen LogP) is 17.6. The Kier molecular flexibility index (Phi) is 32.9. The molecule has 0 saturated carbocycles. The third-order valence-electron chi connectivity index (χ3n) is 17.5. The summed E-state index contributed by atoms with van der Waals surface area (Å²) in [5.74, 6) is 0. The fraction of sp³-hybridized carbons (Fsp3) is 0.539. The zero-order valence-corrected chi connectivity index (χ0v) is 60.0. The minimum absolute atomic E-state index is 0. The van der Waals surface area contributed by atoms with Crippen LogP contribution in [0.2, 0.25) is 10.6 Å². The van der Waals surface area contributed by atoms with Crippen molar-refractivity contribution in [1.82, 2.24) is 48.2 Å². The number of benzene rings is 5. The standard InChI is InChI=1S/C15H21ClN2O.3C15H20N2O.C8H16O.C7H5ClN2.CH4.Na.H/c1-2-3-4-5-8-12(19)11-18-14-10-7-6-9-13(14)17-15(18)16;3*1-2-3-4-5-8-12-11-17-14-10-7-6-9-13(14)16-15(17)18-12;1-2-3-4-5-6-8-7-9-8;8-7-9-5-3-1-2-4-6(5)10-7;;;/h6-7,9-10,12,19H,2-5,8,11H2,1H3;3*6-7,9-10,12H,2-5,8,11H2,1H3;8H,2-7H2,1H3;1-4H,(H,9,10);1H4;;/q;;;;;;;+1;-1/t;2*12-;;;;;;/m.10....../s1. The minimum atomic E-state index is -0.355. The van der Waals surface area contributed by atoms with Crippen molar-refractivity contribution in [2.24, 2.45) is 0 Å². The molecular formula is C76H107Cl2N10NaO5. The first-order valence-electron chi connectivity index (χ1n) is 35.0. The van der Waals surface area contributed by atoms with Gasteiger partial charge in [0.25, 0.3) is 18.0 Å². The zero-order chi connectivity index (χ0) is 64.3. The molecule has 2 N–H and O–H groups in total. The number of aliphatic hydroxyl groups excluding tert-OH is 1. The molecule has 5 aromatic heterocycles.